The van der Waals surface area contributed by atoms with Crippen molar-refractivity contribution < 1.29 is 4.79 Å². The van der Waals surface area contributed by atoms with E-state index in [1.54, 1.807) is 0 Å². The largest absolute Gasteiger partial charge is 0.299 e. The zero-order valence-electron chi connectivity index (χ0n) is 9.73. The third-order valence-corrected chi connectivity index (χ3v) is 3.81. The van der Waals surface area contributed by atoms with Crippen LogP contribution in [0.1, 0.15) is 52.9 Å². The first-order chi connectivity index (χ1) is 6.58. The molecule has 1 aliphatic rings. The molecule has 1 saturated carbocycles. The maximum atomic E-state index is 11.8. The van der Waals surface area contributed by atoms with Gasteiger partial charge in [0, 0.05) is 11.8 Å². The number of carbonyl (C=O) groups excluding carboxylic acids is 1. The zero-order chi connectivity index (χ0) is 10.8. The second-order valence-corrected chi connectivity index (χ2v) is 4.64. The summed E-state index contributed by atoms with van der Waals surface area (Å²) in [5.41, 5.74) is 1.17. The van der Waals surface area contributed by atoms with Gasteiger partial charge in [-0.15, -0.1) is 0 Å². The lowest BCUT2D eigenvalue weighted by Gasteiger charge is -2.48. The second-order valence-electron chi connectivity index (χ2n) is 4.64. The molecular weight excluding hydrogens is 172 g/mol. The summed E-state index contributed by atoms with van der Waals surface area (Å²) in [5, 5.41) is 0. The molecule has 0 N–H and O–H groups in total. The number of hydrogen-bond donors (Lipinski definition) is 0. The summed E-state index contributed by atoms with van der Waals surface area (Å²) in [5.74, 6) is 0.938. The summed E-state index contributed by atoms with van der Waals surface area (Å²) in [4.78, 5) is 11.8. The molecule has 0 heterocycles. The highest BCUT2D eigenvalue weighted by Gasteiger charge is 2.52. The zero-order valence-corrected chi connectivity index (χ0v) is 9.73. The summed E-state index contributed by atoms with van der Waals surface area (Å²) in [6, 6.07) is 0. The van der Waals surface area contributed by atoms with Crippen molar-refractivity contribution in [3.8, 4) is 0 Å². The molecule has 1 rings (SSSR count). The Morgan fingerprint density at radius 2 is 2.21 bits per heavy atom. The molecule has 0 saturated heterocycles. The standard InChI is InChI=1S/C13H22O/c1-5-7-8-13(6-2)11(10(3)4)9-12(13)14/h11H,3,5-9H2,1-2,4H3. The molecule has 0 bridgehead atoms. The van der Waals surface area contributed by atoms with Gasteiger partial charge in [0.1, 0.15) is 5.78 Å². The van der Waals surface area contributed by atoms with E-state index in [2.05, 4.69) is 27.4 Å². The normalized spacial score (nSPS) is 31.4. The van der Waals surface area contributed by atoms with Crippen molar-refractivity contribution in [2.45, 2.75) is 52.9 Å². The lowest BCUT2D eigenvalue weighted by atomic mass is 9.53. The third-order valence-electron chi connectivity index (χ3n) is 3.81. The Hall–Kier alpha value is -0.590. The molecule has 1 heteroatoms. The molecule has 0 radical (unpaired) electrons. The van der Waals surface area contributed by atoms with Gasteiger partial charge in [0.2, 0.25) is 0 Å². The number of hydrogen-bond acceptors (Lipinski definition) is 1. The van der Waals surface area contributed by atoms with Crippen molar-refractivity contribution in [1.82, 2.24) is 0 Å². The van der Waals surface area contributed by atoms with E-state index in [0.717, 1.165) is 19.3 Å². The number of rotatable bonds is 5. The molecule has 2 unspecified atom stereocenters. The van der Waals surface area contributed by atoms with Crippen LogP contribution in [-0.2, 0) is 4.79 Å². The van der Waals surface area contributed by atoms with Crippen LogP contribution in [-0.4, -0.2) is 5.78 Å². The topological polar surface area (TPSA) is 17.1 Å². The minimum atomic E-state index is -0.0259. The Kier molecular flexibility index (Phi) is 3.52. The van der Waals surface area contributed by atoms with E-state index in [-0.39, 0.29) is 5.41 Å². The molecule has 0 aromatic rings. The van der Waals surface area contributed by atoms with E-state index in [4.69, 9.17) is 0 Å². The number of ketones is 1. The van der Waals surface area contributed by atoms with Gasteiger partial charge in [-0.1, -0.05) is 38.8 Å². The van der Waals surface area contributed by atoms with E-state index in [0.29, 0.717) is 11.7 Å². The molecule has 80 valence electrons. The van der Waals surface area contributed by atoms with Gasteiger partial charge >= 0.3 is 0 Å². The maximum Gasteiger partial charge on any atom is 0.140 e. The second kappa shape index (κ2) is 4.29. The number of unbranched alkanes of at least 4 members (excludes halogenated alkanes) is 1. The van der Waals surface area contributed by atoms with Gasteiger partial charge < -0.3 is 0 Å². The van der Waals surface area contributed by atoms with Gasteiger partial charge in [0.15, 0.2) is 0 Å². The van der Waals surface area contributed by atoms with E-state index < -0.39 is 0 Å². The fraction of sp³-hybridized carbons (Fsp3) is 0.769. The average Bonchev–Trinajstić information content (AvgIpc) is 2.15. The molecule has 0 amide bonds. The summed E-state index contributed by atoms with van der Waals surface area (Å²) < 4.78 is 0. The Balaban J connectivity index is 2.73. The molecule has 0 spiro atoms. The van der Waals surface area contributed by atoms with Crippen molar-refractivity contribution in [3.05, 3.63) is 12.2 Å². The van der Waals surface area contributed by atoms with Crippen molar-refractivity contribution in [1.29, 1.82) is 0 Å². The maximum absolute atomic E-state index is 11.8. The van der Waals surface area contributed by atoms with Crippen molar-refractivity contribution in [2.75, 3.05) is 0 Å². The minimum Gasteiger partial charge on any atom is -0.299 e. The lowest BCUT2D eigenvalue weighted by molar-refractivity contribution is -0.145. The Morgan fingerprint density at radius 3 is 2.57 bits per heavy atom. The molecule has 1 aliphatic carbocycles. The van der Waals surface area contributed by atoms with Gasteiger partial charge in [-0.05, 0) is 25.7 Å². The van der Waals surface area contributed by atoms with Crippen LogP contribution >= 0.6 is 0 Å². The summed E-state index contributed by atoms with van der Waals surface area (Å²) >= 11 is 0. The smallest absolute Gasteiger partial charge is 0.140 e. The third kappa shape index (κ3) is 1.65. The van der Waals surface area contributed by atoms with E-state index in [9.17, 15) is 4.79 Å². The molecule has 0 aromatic carbocycles. The summed E-state index contributed by atoms with van der Waals surface area (Å²) in [6.07, 6.45) is 5.15. The van der Waals surface area contributed by atoms with Crippen LogP contribution in [0.25, 0.3) is 0 Å². The number of allylic oxidation sites excluding steroid dienone is 1. The number of Topliss-reactive ketones (excluding diaryl/α,β-unsaturated/α-hetero) is 1. The highest BCUT2D eigenvalue weighted by molar-refractivity contribution is 5.92. The van der Waals surface area contributed by atoms with Crippen molar-refractivity contribution >= 4 is 5.78 Å². The molecular formula is C13H22O. The van der Waals surface area contributed by atoms with Gasteiger partial charge in [-0.3, -0.25) is 4.79 Å². The van der Waals surface area contributed by atoms with Crippen LogP contribution in [0.5, 0.6) is 0 Å². The Morgan fingerprint density at radius 1 is 1.57 bits per heavy atom. The minimum absolute atomic E-state index is 0.0259. The molecule has 1 fully saturated rings. The van der Waals surface area contributed by atoms with Crippen molar-refractivity contribution in [2.24, 2.45) is 11.3 Å². The highest BCUT2D eigenvalue weighted by Crippen LogP contribution is 2.52. The molecule has 1 nitrogen and oxygen atoms in total. The Labute approximate surface area is 87.6 Å². The molecule has 0 aromatic heterocycles. The first-order valence-electron chi connectivity index (χ1n) is 5.77. The predicted molar refractivity (Wildman–Crippen MR) is 60.2 cm³/mol. The molecule has 0 aliphatic heterocycles. The van der Waals surface area contributed by atoms with E-state index in [1.807, 2.05) is 0 Å². The first-order valence-corrected chi connectivity index (χ1v) is 5.77. The van der Waals surface area contributed by atoms with Crippen molar-refractivity contribution in [3.63, 3.8) is 0 Å². The quantitative estimate of drug-likeness (QED) is 0.609. The Bertz CT molecular complexity index is 242. The molecule has 14 heavy (non-hydrogen) atoms. The SMILES string of the molecule is C=C(C)C1CC(=O)C1(CC)CCCC. The van der Waals surface area contributed by atoms with Crippen LogP contribution in [0.4, 0.5) is 0 Å². The predicted octanol–water partition coefficient (Wildman–Crippen LogP) is 3.74. The fourth-order valence-electron chi connectivity index (χ4n) is 2.72. The fourth-order valence-corrected chi connectivity index (χ4v) is 2.72. The van der Waals surface area contributed by atoms with Gasteiger partial charge in [-0.25, -0.2) is 0 Å². The average molecular weight is 194 g/mol. The number of carbonyl (C=O) groups is 1. The van der Waals surface area contributed by atoms with Crippen LogP contribution < -0.4 is 0 Å². The van der Waals surface area contributed by atoms with Crippen LogP contribution in [0, 0.1) is 11.3 Å². The summed E-state index contributed by atoms with van der Waals surface area (Å²) in [7, 11) is 0. The van der Waals surface area contributed by atoms with Gasteiger partial charge in [0.05, 0.1) is 0 Å². The first kappa shape index (κ1) is 11.5. The summed E-state index contributed by atoms with van der Waals surface area (Å²) in [6.45, 7) is 10.4. The van der Waals surface area contributed by atoms with Crippen LogP contribution in [0.2, 0.25) is 0 Å². The van der Waals surface area contributed by atoms with Crippen LogP contribution in [0.3, 0.4) is 0 Å². The van der Waals surface area contributed by atoms with E-state index in [1.165, 1.54) is 18.4 Å². The monoisotopic (exact) mass is 194 g/mol. The lowest BCUT2D eigenvalue weighted by Crippen LogP contribution is -2.49. The highest BCUT2D eigenvalue weighted by atomic mass is 16.1. The van der Waals surface area contributed by atoms with Crippen LogP contribution in [0.15, 0.2) is 12.2 Å². The van der Waals surface area contributed by atoms with E-state index >= 15 is 0 Å². The van der Waals surface area contributed by atoms with Gasteiger partial charge in [-0.2, -0.15) is 0 Å². The van der Waals surface area contributed by atoms with Gasteiger partial charge in [0.25, 0.3) is 0 Å². The molecule has 2 atom stereocenters.